The number of piperidine rings is 1. The molecule has 1 heterocycles. The molecule has 0 saturated carbocycles. The highest BCUT2D eigenvalue weighted by atomic mass is 19.2. The van der Waals surface area contributed by atoms with E-state index in [0.29, 0.717) is 11.5 Å². The van der Waals surface area contributed by atoms with E-state index in [4.69, 9.17) is 0 Å². The molecule has 0 spiro atoms. The standard InChI is InChI=1S/C13H17F2NO/c1-8-4-5-16-12(6-8)13(17)9-2-3-10(14)11(15)7-9/h2-3,7-8,12-13,16-17H,4-6H2,1H3. The van der Waals surface area contributed by atoms with Crippen LogP contribution in [-0.4, -0.2) is 17.7 Å². The molecule has 0 amide bonds. The van der Waals surface area contributed by atoms with Gasteiger partial charge < -0.3 is 10.4 Å². The number of aliphatic hydroxyl groups excluding tert-OH is 1. The van der Waals surface area contributed by atoms with Crippen molar-refractivity contribution in [1.82, 2.24) is 5.32 Å². The molecule has 17 heavy (non-hydrogen) atoms. The van der Waals surface area contributed by atoms with Crippen molar-refractivity contribution in [2.45, 2.75) is 31.9 Å². The van der Waals surface area contributed by atoms with Gasteiger partial charge in [0.15, 0.2) is 11.6 Å². The maximum atomic E-state index is 13.1. The smallest absolute Gasteiger partial charge is 0.159 e. The fourth-order valence-corrected chi connectivity index (χ4v) is 2.32. The summed E-state index contributed by atoms with van der Waals surface area (Å²) >= 11 is 0. The van der Waals surface area contributed by atoms with Crippen LogP contribution in [0.1, 0.15) is 31.4 Å². The van der Waals surface area contributed by atoms with Crippen LogP contribution in [0.15, 0.2) is 18.2 Å². The molecular weight excluding hydrogens is 224 g/mol. The van der Waals surface area contributed by atoms with Crippen molar-refractivity contribution in [3.8, 4) is 0 Å². The summed E-state index contributed by atoms with van der Waals surface area (Å²) in [4.78, 5) is 0. The third-order valence-corrected chi connectivity index (χ3v) is 3.37. The van der Waals surface area contributed by atoms with Crippen molar-refractivity contribution in [2.24, 2.45) is 5.92 Å². The molecule has 1 aromatic rings. The number of aliphatic hydroxyl groups is 1. The van der Waals surface area contributed by atoms with Crippen LogP contribution >= 0.6 is 0 Å². The molecule has 1 saturated heterocycles. The Morgan fingerprint density at radius 1 is 1.35 bits per heavy atom. The first-order valence-electron chi connectivity index (χ1n) is 5.94. The number of benzene rings is 1. The number of halogens is 2. The van der Waals surface area contributed by atoms with Crippen LogP contribution in [0.3, 0.4) is 0 Å². The van der Waals surface area contributed by atoms with Crippen molar-refractivity contribution in [3.63, 3.8) is 0 Å². The van der Waals surface area contributed by atoms with E-state index in [-0.39, 0.29) is 6.04 Å². The summed E-state index contributed by atoms with van der Waals surface area (Å²) in [5.74, 6) is -1.25. The summed E-state index contributed by atoms with van der Waals surface area (Å²) in [5, 5.41) is 13.3. The lowest BCUT2D eigenvalue weighted by atomic mass is 9.89. The third-order valence-electron chi connectivity index (χ3n) is 3.37. The Balaban J connectivity index is 2.12. The second-order valence-electron chi connectivity index (χ2n) is 4.81. The van der Waals surface area contributed by atoms with E-state index >= 15 is 0 Å². The lowest BCUT2D eigenvalue weighted by Crippen LogP contribution is -2.41. The predicted octanol–water partition coefficient (Wildman–Crippen LogP) is 2.39. The van der Waals surface area contributed by atoms with Gasteiger partial charge in [-0.15, -0.1) is 0 Å². The first-order chi connectivity index (χ1) is 8.08. The molecule has 0 aromatic heterocycles. The van der Waals surface area contributed by atoms with E-state index in [1.807, 2.05) is 0 Å². The van der Waals surface area contributed by atoms with Gasteiger partial charge in [-0.1, -0.05) is 13.0 Å². The quantitative estimate of drug-likeness (QED) is 0.833. The molecule has 2 N–H and O–H groups in total. The summed E-state index contributed by atoms with van der Waals surface area (Å²) in [6.07, 6.45) is 1.15. The first kappa shape index (κ1) is 12.5. The maximum absolute atomic E-state index is 13.1. The van der Waals surface area contributed by atoms with E-state index in [9.17, 15) is 13.9 Å². The lowest BCUT2D eigenvalue weighted by Gasteiger charge is -2.31. The topological polar surface area (TPSA) is 32.3 Å². The van der Waals surface area contributed by atoms with Crippen molar-refractivity contribution < 1.29 is 13.9 Å². The summed E-state index contributed by atoms with van der Waals surface area (Å²) < 4.78 is 25.9. The Hall–Kier alpha value is -1.00. The minimum Gasteiger partial charge on any atom is -0.387 e. The fraction of sp³-hybridized carbons (Fsp3) is 0.538. The van der Waals surface area contributed by atoms with Crippen molar-refractivity contribution >= 4 is 0 Å². The van der Waals surface area contributed by atoms with Crippen LogP contribution in [-0.2, 0) is 0 Å². The first-order valence-corrected chi connectivity index (χ1v) is 5.94. The molecule has 0 bridgehead atoms. The lowest BCUT2D eigenvalue weighted by molar-refractivity contribution is 0.101. The van der Waals surface area contributed by atoms with Gasteiger partial charge in [0.25, 0.3) is 0 Å². The largest absolute Gasteiger partial charge is 0.387 e. The van der Waals surface area contributed by atoms with Gasteiger partial charge in [-0.2, -0.15) is 0 Å². The Kier molecular flexibility index (Phi) is 3.74. The Bertz CT molecular complexity index is 397. The molecule has 94 valence electrons. The second kappa shape index (κ2) is 5.10. The average molecular weight is 241 g/mol. The fourth-order valence-electron chi connectivity index (χ4n) is 2.32. The minimum absolute atomic E-state index is 0.0800. The minimum atomic E-state index is -0.912. The van der Waals surface area contributed by atoms with Gasteiger partial charge in [-0.05, 0) is 43.0 Å². The molecule has 1 aromatic carbocycles. The molecule has 4 heteroatoms. The van der Waals surface area contributed by atoms with Crippen molar-refractivity contribution in [2.75, 3.05) is 6.54 Å². The van der Waals surface area contributed by atoms with Crippen LogP contribution in [0.2, 0.25) is 0 Å². The van der Waals surface area contributed by atoms with Crippen LogP contribution in [0.5, 0.6) is 0 Å². The van der Waals surface area contributed by atoms with Gasteiger partial charge in [-0.25, -0.2) is 8.78 Å². The molecule has 3 unspecified atom stereocenters. The Morgan fingerprint density at radius 2 is 2.12 bits per heavy atom. The number of hydrogen-bond donors (Lipinski definition) is 2. The molecular formula is C13H17F2NO. The number of nitrogens with one attached hydrogen (secondary N) is 1. The van der Waals surface area contributed by atoms with E-state index in [0.717, 1.165) is 31.5 Å². The summed E-state index contributed by atoms with van der Waals surface area (Å²) in [7, 11) is 0. The van der Waals surface area contributed by atoms with Crippen LogP contribution in [0, 0.1) is 17.6 Å². The number of rotatable bonds is 2. The Morgan fingerprint density at radius 3 is 2.76 bits per heavy atom. The van der Waals surface area contributed by atoms with Gasteiger partial charge in [0, 0.05) is 6.04 Å². The van der Waals surface area contributed by atoms with Gasteiger partial charge in [-0.3, -0.25) is 0 Å². The molecule has 2 rings (SSSR count). The van der Waals surface area contributed by atoms with Crippen LogP contribution in [0.25, 0.3) is 0 Å². The molecule has 3 atom stereocenters. The van der Waals surface area contributed by atoms with E-state index < -0.39 is 17.7 Å². The van der Waals surface area contributed by atoms with E-state index in [1.54, 1.807) is 0 Å². The average Bonchev–Trinajstić information content (AvgIpc) is 2.32. The predicted molar refractivity (Wildman–Crippen MR) is 61.5 cm³/mol. The molecule has 0 radical (unpaired) electrons. The molecule has 1 fully saturated rings. The summed E-state index contributed by atoms with van der Waals surface area (Å²) in [6.45, 7) is 2.98. The summed E-state index contributed by atoms with van der Waals surface area (Å²) in [5.41, 5.74) is 0.426. The highest BCUT2D eigenvalue weighted by Crippen LogP contribution is 2.26. The highest BCUT2D eigenvalue weighted by Gasteiger charge is 2.26. The van der Waals surface area contributed by atoms with Crippen molar-refractivity contribution in [3.05, 3.63) is 35.4 Å². The SMILES string of the molecule is CC1CCNC(C(O)c2ccc(F)c(F)c2)C1. The van der Waals surface area contributed by atoms with Gasteiger partial charge in [0.1, 0.15) is 0 Å². The normalized spacial score (nSPS) is 26.8. The van der Waals surface area contributed by atoms with Crippen molar-refractivity contribution in [1.29, 1.82) is 0 Å². The Labute approximate surface area is 99.7 Å². The highest BCUT2D eigenvalue weighted by molar-refractivity contribution is 5.21. The molecule has 0 aliphatic carbocycles. The molecule has 2 nitrogen and oxygen atoms in total. The zero-order valence-corrected chi connectivity index (χ0v) is 9.79. The zero-order valence-electron chi connectivity index (χ0n) is 9.79. The molecule has 1 aliphatic heterocycles. The molecule has 1 aliphatic rings. The number of hydrogen-bond acceptors (Lipinski definition) is 2. The van der Waals surface area contributed by atoms with Gasteiger partial charge in [0.2, 0.25) is 0 Å². The van der Waals surface area contributed by atoms with Gasteiger partial charge in [0.05, 0.1) is 6.10 Å². The monoisotopic (exact) mass is 241 g/mol. The maximum Gasteiger partial charge on any atom is 0.159 e. The summed E-state index contributed by atoms with van der Waals surface area (Å²) in [6, 6.07) is 3.48. The van der Waals surface area contributed by atoms with Crippen LogP contribution < -0.4 is 5.32 Å². The zero-order chi connectivity index (χ0) is 12.4. The van der Waals surface area contributed by atoms with E-state index in [2.05, 4.69) is 12.2 Å². The second-order valence-corrected chi connectivity index (χ2v) is 4.81. The third kappa shape index (κ3) is 2.82. The van der Waals surface area contributed by atoms with Crippen LogP contribution in [0.4, 0.5) is 8.78 Å². The van der Waals surface area contributed by atoms with Gasteiger partial charge >= 0.3 is 0 Å². The van der Waals surface area contributed by atoms with E-state index in [1.165, 1.54) is 6.07 Å².